The van der Waals surface area contributed by atoms with E-state index in [4.69, 9.17) is 21.9 Å². The molecule has 2 aromatic rings. The zero-order valence-electron chi connectivity index (χ0n) is 10.0. The summed E-state index contributed by atoms with van der Waals surface area (Å²) in [5.41, 5.74) is 6.91. The number of aromatic nitrogens is 2. The third kappa shape index (κ3) is 2.02. The molecule has 3 atom stereocenters. The molecule has 1 aliphatic rings. The van der Waals surface area contributed by atoms with Crippen LogP contribution in [0.3, 0.4) is 0 Å². The highest BCUT2D eigenvalue weighted by molar-refractivity contribution is 6.31. The van der Waals surface area contributed by atoms with Crippen LogP contribution in [0.15, 0.2) is 28.8 Å². The number of rotatable bonds is 3. The standard InChI is InChI=1S/C13H14ClN3O/c1-7-6-9(7)12-16-13(18-17-12)11(15)8-4-2-3-5-10(8)14/h2-5,7,9,11H,6,15H2,1H3/t7?,9?,11-/m1/s1. The lowest BCUT2D eigenvalue weighted by Crippen LogP contribution is -2.12. The van der Waals surface area contributed by atoms with E-state index >= 15 is 0 Å². The number of hydrogen-bond acceptors (Lipinski definition) is 4. The molecule has 1 aliphatic carbocycles. The largest absolute Gasteiger partial charge is 0.337 e. The van der Waals surface area contributed by atoms with Gasteiger partial charge in [-0.25, -0.2) is 0 Å². The Hall–Kier alpha value is -1.39. The van der Waals surface area contributed by atoms with Crippen LogP contribution in [0.1, 0.15) is 42.6 Å². The van der Waals surface area contributed by atoms with E-state index in [-0.39, 0.29) is 0 Å². The van der Waals surface area contributed by atoms with E-state index in [1.165, 1.54) is 0 Å². The normalized spacial score (nSPS) is 23.9. The van der Waals surface area contributed by atoms with Gasteiger partial charge in [-0.15, -0.1) is 0 Å². The summed E-state index contributed by atoms with van der Waals surface area (Å²) in [6.45, 7) is 2.18. The fourth-order valence-electron chi connectivity index (χ4n) is 2.07. The second-order valence-corrected chi connectivity index (χ2v) is 5.22. The summed E-state index contributed by atoms with van der Waals surface area (Å²) in [5, 5.41) is 4.61. The molecule has 4 nitrogen and oxygen atoms in total. The molecule has 1 aromatic heterocycles. The molecule has 1 aromatic carbocycles. The molecule has 2 unspecified atom stereocenters. The van der Waals surface area contributed by atoms with E-state index in [1.54, 1.807) is 6.07 Å². The highest BCUT2D eigenvalue weighted by Gasteiger charge is 2.38. The third-order valence-electron chi connectivity index (χ3n) is 3.40. The fourth-order valence-corrected chi connectivity index (χ4v) is 2.32. The molecule has 0 bridgehead atoms. The smallest absolute Gasteiger partial charge is 0.248 e. The molecule has 1 fully saturated rings. The van der Waals surface area contributed by atoms with Crippen molar-refractivity contribution in [1.29, 1.82) is 0 Å². The SMILES string of the molecule is CC1CC1c1noc([C@H](N)c2ccccc2Cl)n1. The number of nitrogens with zero attached hydrogens (tertiary/aromatic N) is 2. The zero-order chi connectivity index (χ0) is 12.7. The van der Waals surface area contributed by atoms with Gasteiger partial charge >= 0.3 is 0 Å². The minimum Gasteiger partial charge on any atom is -0.337 e. The van der Waals surface area contributed by atoms with Crippen molar-refractivity contribution in [1.82, 2.24) is 10.1 Å². The molecule has 0 saturated heterocycles. The number of benzene rings is 1. The number of halogens is 1. The van der Waals surface area contributed by atoms with E-state index < -0.39 is 6.04 Å². The third-order valence-corrected chi connectivity index (χ3v) is 3.75. The van der Waals surface area contributed by atoms with Crippen LogP contribution in [-0.4, -0.2) is 10.1 Å². The minimum absolute atomic E-state index is 0.428. The molecular formula is C13H14ClN3O. The van der Waals surface area contributed by atoms with Gasteiger partial charge in [0.25, 0.3) is 0 Å². The second kappa shape index (κ2) is 4.37. The van der Waals surface area contributed by atoms with Gasteiger partial charge in [0.1, 0.15) is 6.04 Å². The lowest BCUT2D eigenvalue weighted by atomic mass is 10.1. The molecule has 0 spiro atoms. The molecule has 5 heteroatoms. The van der Waals surface area contributed by atoms with Gasteiger partial charge in [0.2, 0.25) is 5.89 Å². The van der Waals surface area contributed by atoms with Gasteiger partial charge in [-0.3, -0.25) is 0 Å². The van der Waals surface area contributed by atoms with Gasteiger partial charge in [0, 0.05) is 10.9 Å². The molecule has 1 heterocycles. The maximum Gasteiger partial charge on any atom is 0.248 e. The van der Waals surface area contributed by atoms with Crippen molar-refractivity contribution in [3.63, 3.8) is 0 Å². The summed E-state index contributed by atoms with van der Waals surface area (Å²) in [7, 11) is 0. The predicted molar refractivity (Wildman–Crippen MR) is 68.3 cm³/mol. The first-order valence-electron chi connectivity index (χ1n) is 6.00. The molecule has 1 saturated carbocycles. The summed E-state index contributed by atoms with van der Waals surface area (Å²) in [5.74, 6) is 2.27. The molecular weight excluding hydrogens is 250 g/mol. The van der Waals surface area contributed by atoms with Crippen molar-refractivity contribution in [2.45, 2.75) is 25.3 Å². The van der Waals surface area contributed by atoms with E-state index in [9.17, 15) is 0 Å². The van der Waals surface area contributed by atoms with Crippen LogP contribution in [0.5, 0.6) is 0 Å². The molecule has 2 N–H and O–H groups in total. The Labute approximate surface area is 110 Å². The maximum absolute atomic E-state index is 6.10. The van der Waals surface area contributed by atoms with Gasteiger partial charge in [0.15, 0.2) is 5.82 Å². The average Bonchev–Trinajstić information content (AvgIpc) is 2.92. The second-order valence-electron chi connectivity index (χ2n) is 4.81. The van der Waals surface area contributed by atoms with Gasteiger partial charge < -0.3 is 10.3 Å². The Kier molecular flexibility index (Phi) is 2.84. The highest BCUT2D eigenvalue weighted by Crippen LogP contribution is 2.45. The Bertz CT molecular complexity index is 569. The van der Waals surface area contributed by atoms with Crippen LogP contribution in [0, 0.1) is 5.92 Å². The summed E-state index contributed by atoms with van der Waals surface area (Å²) < 4.78 is 5.24. The first-order valence-corrected chi connectivity index (χ1v) is 6.38. The molecule has 0 amide bonds. The Morgan fingerprint density at radius 2 is 2.17 bits per heavy atom. The van der Waals surface area contributed by atoms with E-state index in [0.717, 1.165) is 17.8 Å². The van der Waals surface area contributed by atoms with Crippen LogP contribution in [0.25, 0.3) is 0 Å². The monoisotopic (exact) mass is 263 g/mol. The molecule has 3 rings (SSSR count). The summed E-state index contributed by atoms with van der Waals surface area (Å²) in [4.78, 5) is 4.38. The Morgan fingerprint density at radius 3 is 2.83 bits per heavy atom. The van der Waals surface area contributed by atoms with E-state index in [0.29, 0.717) is 22.7 Å². The Balaban J connectivity index is 1.86. The lowest BCUT2D eigenvalue weighted by molar-refractivity contribution is 0.362. The molecule has 0 aliphatic heterocycles. The quantitative estimate of drug-likeness (QED) is 0.925. The average molecular weight is 264 g/mol. The van der Waals surface area contributed by atoms with Crippen molar-refractivity contribution >= 4 is 11.6 Å². The maximum atomic E-state index is 6.10. The van der Waals surface area contributed by atoms with Crippen LogP contribution >= 0.6 is 11.6 Å². The molecule has 94 valence electrons. The van der Waals surface area contributed by atoms with Crippen molar-refractivity contribution in [3.05, 3.63) is 46.6 Å². The van der Waals surface area contributed by atoms with Crippen molar-refractivity contribution < 1.29 is 4.52 Å². The van der Waals surface area contributed by atoms with Crippen LogP contribution in [0.2, 0.25) is 5.02 Å². The number of nitrogens with two attached hydrogens (primary N) is 1. The van der Waals surface area contributed by atoms with E-state index in [2.05, 4.69) is 17.1 Å². The summed E-state index contributed by atoms with van der Waals surface area (Å²) in [6, 6.07) is 6.97. The van der Waals surface area contributed by atoms with Crippen LogP contribution in [-0.2, 0) is 0 Å². The summed E-state index contributed by atoms with van der Waals surface area (Å²) in [6.07, 6.45) is 1.13. The zero-order valence-corrected chi connectivity index (χ0v) is 10.8. The first-order chi connectivity index (χ1) is 8.66. The molecule has 18 heavy (non-hydrogen) atoms. The van der Waals surface area contributed by atoms with Crippen LogP contribution in [0.4, 0.5) is 0 Å². The fraction of sp³-hybridized carbons (Fsp3) is 0.385. The minimum atomic E-state index is -0.464. The topological polar surface area (TPSA) is 64.9 Å². The van der Waals surface area contributed by atoms with Gasteiger partial charge in [-0.2, -0.15) is 4.98 Å². The summed E-state index contributed by atoms with van der Waals surface area (Å²) >= 11 is 6.10. The van der Waals surface area contributed by atoms with Gasteiger partial charge in [-0.05, 0) is 24.0 Å². The number of hydrogen-bond donors (Lipinski definition) is 1. The van der Waals surface area contributed by atoms with Gasteiger partial charge in [-0.1, -0.05) is 41.9 Å². The van der Waals surface area contributed by atoms with Crippen molar-refractivity contribution in [3.8, 4) is 0 Å². The van der Waals surface area contributed by atoms with Gasteiger partial charge in [0.05, 0.1) is 0 Å². The first kappa shape index (κ1) is 11.7. The van der Waals surface area contributed by atoms with Crippen molar-refractivity contribution in [2.75, 3.05) is 0 Å². The lowest BCUT2D eigenvalue weighted by Gasteiger charge is -2.08. The molecule has 0 radical (unpaired) electrons. The predicted octanol–water partition coefficient (Wildman–Crippen LogP) is 2.89. The Morgan fingerprint density at radius 1 is 1.44 bits per heavy atom. The van der Waals surface area contributed by atoms with E-state index in [1.807, 2.05) is 18.2 Å². The van der Waals surface area contributed by atoms with Crippen LogP contribution < -0.4 is 5.73 Å². The van der Waals surface area contributed by atoms with Crippen molar-refractivity contribution in [2.24, 2.45) is 11.7 Å². The highest BCUT2D eigenvalue weighted by atomic mass is 35.5.